The average Bonchev–Trinajstić information content (AvgIpc) is 2.94. The number of likely N-dealkylation sites (tertiary alicyclic amines) is 1. The molecule has 4 N–H and O–H groups in total. The van der Waals surface area contributed by atoms with Gasteiger partial charge in [-0.1, -0.05) is 0 Å². The van der Waals surface area contributed by atoms with Crippen molar-refractivity contribution >= 4 is 15.9 Å². The number of hydrogen-bond acceptors (Lipinski definition) is 5. The van der Waals surface area contributed by atoms with Gasteiger partial charge in [0.15, 0.2) is 0 Å². The molecular weight excluding hydrogens is 337 g/mol. The molecule has 9 heteroatoms. The Hall–Kier alpha value is -1.71. The zero-order valence-corrected chi connectivity index (χ0v) is 14.1. The summed E-state index contributed by atoms with van der Waals surface area (Å²) in [5.41, 5.74) is 5.53. The third-order valence-corrected chi connectivity index (χ3v) is 4.76. The van der Waals surface area contributed by atoms with E-state index in [-0.39, 0.29) is 29.7 Å². The Labute approximate surface area is 140 Å². The number of ether oxygens (including phenoxy) is 1. The van der Waals surface area contributed by atoms with E-state index in [1.807, 2.05) is 0 Å². The molecule has 1 atom stereocenters. The second-order valence-electron chi connectivity index (χ2n) is 5.87. The van der Waals surface area contributed by atoms with E-state index in [9.17, 15) is 17.6 Å². The van der Waals surface area contributed by atoms with Crippen LogP contribution in [0.3, 0.4) is 0 Å². The van der Waals surface area contributed by atoms with Crippen molar-refractivity contribution in [3.63, 3.8) is 0 Å². The Balaban J connectivity index is 2.10. The fourth-order valence-corrected chi connectivity index (χ4v) is 3.64. The number of carbonyl (C=O) groups is 1. The highest BCUT2D eigenvalue weighted by Crippen LogP contribution is 2.25. The number of halogens is 1. The van der Waals surface area contributed by atoms with Crippen molar-refractivity contribution in [3.05, 3.63) is 29.6 Å². The lowest BCUT2D eigenvalue weighted by Crippen LogP contribution is -2.31. The molecule has 7 nitrogen and oxygen atoms in total. The molecule has 0 bridgehead atoms. The number of benzene rings is 1. The molecule has 0 unspecified atom stereocenters. The summed E-state index contributed by atoms with van der Waals surface area (Å²) >= 11 is 0. The van der Waals surface area contributed by atoms with Crippen LogP contribution in [0.4, 0.5) is 4.39 Å². The number of amides is 1. The van der Waals surface area contributed by atoms with E-state index in [0.717, 1.165) is 6.07 Å². The van der Waals surface area contributed by atoms with Gasteiger partial charge in [0, 0.05) is 13.1 Å². The number of rotatable bonds is 7. The zero-order chi connectivity index (χ0) is 17.7. The van der Waals surface area contributed by atoms with Gasteiger partial charge in [0.25, 0.3) is 5.91 Å². The predicted molar refractivity (Wildman–Crippen MR) is 87.6 cm³/mol. The number of sulfonamides is 1. The van der Waals surface area contributed by atoms with Gasteiger partial charge in [0.1, 0.15) is 11.6 Å². The van der Waals surface area contributed by atoms with Crippen LogP contribution in [0.5, 0.6) is 5.75 Å². The molecule has 24 heavy (non-hydrogen) atoms. The maximum absolute atomic E-state index is 13.5. The minimum atomic E-state index is -3.59. The minimum absolute atomic E-state index is 0.128. The van der Waals surface area contributed by atoms with Crippen molar-refractivity contribution < 1.29 is 22.3 Å². The number of primary sulfonamides is 1. The molecule has 1 aromatic carbocycles. The van der Waals surface area contributed by atoms with Crippen LogP contribution in [0.1, 0.15) is 23.2 Å². The number of hydrogen-bond donors (Lipinski definition) is 2. The highest BCUT2D eigenvalue weighted by Gasteiger charge is 2.30. The normalized spacial score (nSPS) is 18.0. The molecule has 1 aliphatic rings. The molecular formula is C15H22FN3O4S. The standard InChI is InChI=1S/C15H22FN3O4S/c16-12-2-3-14(23-7-1-5-17)13(8-12)15(20)19-6-4-11(9-19)10-24(18,21)22/h2-3,8,11H,1,4-7,9-10,17H2,(H2,18,21,22)/t11-/m1/s1. The largest absolute Gasteiger partial charge is 0.493 e. The molecule has 1 fully saturated rings. The molecule has 0 radical (unpaired) electrons. The molecule has 1 aliphatic heterocycles. The molecule has 2 rings (SSSR count). The molecule has 134 valence electrons. The van der Waals surface area contributed by atoms with E-state index in [1.54, 1.807) is 0 Å². The third kappa shape index (κ3) is 5.15. The summed E-state index contributed by atoms with van der Waals surface area (Å²) in [6, 6.07) is 3.77. The fraction of sp³-hybridized carbons (Fsp3) is 0.533. The van der Waals surface area contributed by atoms with Gasteiger partial charge >= 0.3 is 0 Å². The average molecular weight is 359 g/mol. The summed E-state index contributed by atoms with van der Waals surface area (Å²) in [7, 11) is -3.59. The topological polar surface area (TPSA) is 116 Å². The molecule has 0 spiro atoms. The lowest BCUT2D eigenvalue weighted by molar-refractivity contribution is 0.0783. The second-order valence-corrected chi connectivity index (χ2v) is 7.53. The van der Waals surface area contributed by atoms with Gasteiger partial charge in [-0.2, -0.15) is 0 Å². The third-order valence-electron chi connectivity index (χ3n) is 3.82. The van der Waals surface area contributed by atoms with Crippen molar-refractivity contribution in [1.82, 2.24) is 4.90 Å². The van der Waals surface area contributed by atoms with E-state index in [2.05, 4.69) is 0 Å². The van der Waals surface area contributed by atoms with Crippen molar-refractivity contribution in [2.75, 3.05) is 32.0 Å². The van der Waals surface area contributed by atoms with E-state index < -0.39 is 15.8 Å². The van der Waals surface area contributed by atoms with Crippen LogP contribution in [0, 0.1) is 11.7 Å². The first kappa shape index (κ1) is 18.6. The van der Waals surface area contributed by atoms with Crippen molar-refractivity contribution in [1.29, 1.82) is 0 Å². The Kier molecular flexibility index (Phi) is 6.14. The van der Waals surface area contributed by atoms with Crippen LogP contribution in [-0.2, 0) is 10.0 Å². The van der Waals surface area contributed by atoms with Gasteiger partial charge in [-0.05, 0) is 43.5 Å². The van der Waals surface area contributed by atoms with E-state index in [4.69, 9.17) is 15.6 Å². The van der Waals surface area contributed by atoms with Crippen molar-refractivity contribution in [3.8, 4) is 5.75 Å². The summed E-state index contributed by atoms with van der Waals surface area (Å²) in [4.78, 5) is 14.1. The van der Waals surface area contributed by atoms with E-state index in [1.165, 1.54) is 17.0 Å². The van der Waals surface area contributed by atoms with Crippen LogP contribution in [0.15, 0.2) is 18.2 Å². The summed E-state index contributed by atoms with van der Waals surface area (Å²) in [6.07, 6.45) is 1.16. The number of carbonyl (C=O) groups excluding carboxylic acids is 1. The quantitative estimate of drug-likeness (QED) is 0.680. The molecule has 1 heterocycles. The predicted octanol–water partition coefficient (Wildman–Crippen LogP) is 0.304. The zero-order valence-electron chi connectivity index (χ0n) is 13.3. The van der Waals surface area contributed by atoms with Crippen LogP contribution in [0.2, 0.25) is 0 Å². The van der Waals surface area contributed by atoms with E-state index in [0.29, 0.717) is 38.3 Å². The van der Waals surface area contributed by atoms with Crippen LogP contribution in [-0.4, -0.2) is 51.2 Å². The van der Waals surface area contributed by atoms with Crippen LogP contribution < -0.4 is 15.6 Å². The van der Waals surface area contributed by atoms with Crippen LogP contribution in [0.25, 0.3) is 0 Å². The maximum Gasteiger partial charge on any atom is 0.257 e. The van der Waals surface area contributed by atoms with Gasteiger partial charge in [-0.3, -0.25) is 4.79 Å². The highest BCUT2D eigenvalue weighted by atomic mass is 32.2. The molecule has 1 aromatic rings. The Morgan fingerprint density at radius 2 is 2.17 bits per heavy atom. The molecule has 1 amide bonds. The first-order chi connectivity index (χ1) is 11.3. The van der Waals surface area contributed by atoms with Crippen molar-refractivity contribution in [2.45, 2.75) is 12.8 Å². The number of nitrogens with two attached hydrogens (primary N) is 2. The van der Waals surface area contributed by atoms with Gasteiger partial charge < -0.3 is 15.4 Å². The molecule has 0 aliphatic carbocycles. The monoisotopic (exact) mass is 359 g/mol. The lowest BCUT2D eigenvalue weighted by Gasteiger charge is -2.19. The maximum atomic E-state index is 13.5. The van der Waals surface area contributed by atoms with Crippen molar-refractivity contribution in [2.24, 2.45) is 16.8 Å². The first-order valence-corrected chi connectivity index (χ1v) is 9.44. The Morgan fingerprint density at radius 1 is 1.42 bits per heavy atom. The summed E-state index contributed by atoms with van der Waals surface area (Å²) in [6.45, 7) is 1.45. The molecule has 1 saturated heterocycles. The van der Waals surface area contributed by atoms with Gasteiger partial charge in [0.05, 0.1) is 17.9 Å². The smallest absolute Gasteiger partial charge is 0.257 e. The second kappa shape index (κ2) is 7.91. The van der Waals surface area contributed by atoms with Gasteiger partial charge in [-0.25, -0.2) is 17.9 Å². The van der Waals surface area contributed by atoms with Gasteiger partial charge in [0.2, 0.25) is 10.0 Å². The summed E-state index contributed by atoms with van der Waals surface area (Å²) in [5.74, 6) is -0.998. The lowest BCUT2D eigenvalue weighted by atomic mass is 10.1. The Bertz CT molecular complexity index is 696. The fourth-order valence-electron chi connectivity index (χ4n) is 2.71. The SMILES string of the molecule is NCCCOc1ccc(F)cc1C(=O)N1CC[C@@H](CS(N)(=O)=O)C1. The molecule has 0 aromatic heterocycles. The summed E-state index contributed by atoms with van der Waals surface area (Å²) < 4.78 is 41.4. The highest BCUT2D eigenvalue weighted by molar-refractivity contribution is 7.89. The minimum Gasteiger partial charge on any atom is -0.493 e. The first-order valence-electron chi connectivity index (χ1n) is 7.72. The van der Waals surface area contributed by atoms with Gasteiger partial charge in [-0.15, -0.1) is 0 Å². The van der Waals surface area contributed by atoms with E-state index >= 15 is 0 Å². The number of nitrogens with zero attached hydrogens (tertiary/aromatic N) is 1. The summed E-state index contributed by atoms with van der Waals surface area (Å²) in [5, 5.41) is 5.05. The van der Waals surface area contributed by atoms with Crippen LogP contribution >= 0.6 is 0 Å². The Morgan fingerprint density at radius 3 is 2.83 bits per heavy atom. The molecule has 0 saturated carbocycles.